The highest BCUT2D eigenvalue weighted by Gasteiger charge is 2.56. The van der Waals surface area contributed by atoms with Gasteiger partial charge in [-0.05, 0) is 48.6 Å². The van der Waals surface area contributed by atoms with Gasteiger partial charge in [0.25, 0.3) is 0 Å². The van der Waals surface area contributed by atoms with Crippen molar-refractivity contribution in [2.45, 2.75) is 31.2 Å². The molecule has 20 heavy (non-hydrogen) atoms. The summed E-state index contributed by atoms with van der Waals surface area (Å²) in [4.78, 5) is 12.1. The van der Waals surface area contributed by atoms with Gasteiger partial charge in [-0.15, -0.1) is 6.58 Å². The van der Waals surface area contributed by atoms with Gasteiger partial charge in [-0.2, -0.15) is 0 Å². The number of nitrogens with one attached hydrogen (secondary N) is 1. The minimum Gasteiger partial charge on any atom is -0.480 e. The summed E-state index contributed by atoms with van der Waals surface area (Å²) >= 11 is 0. The van der Waals surface area contributed by atoms with Gasteiger partial charge in [-0.25, -0.2) is 0 Å². The summed E-state index contributed by atoms with van der Waals surface area (Å²) in [6.07, 6.45) is 5.47. The van der Waals surface area contributed by atoms with Gasteiger partial charge in [-0.1, -0.05) is 30.3 Å². The van der Waals surface area contributed by atoms with Gasteiger partial charge in [0, 0.05) is 6.54 Å². The molecule has 1 aromatic carbocycles. The summed E-state index contributed by atoms with van der Waals surface area (Å²) < 4.78 is 0. The molecule has 0 spiro atoms. The molecule has 0 aliphatic heterocycles. The van der Waals surface area contributed by atoms with Crippen molar-refractivity contribution >= 4 is 5.97 Å². The predicted octanol–water partition coefficient (Wildman–Crippen LogP) is 2.41. The van der Waals surface area contributed by atoms with Crippen LogP contribution in [-0.2, 0) is 17.6 Å². The molecule has 1 fully saturated rings. The van der Waals surface area contributed by atoms with Crippen LogP contribution in [0.1, 0.15) is 24.0 Å². The molecule has 1 aromatic rings. The fourth-order valence-corrected chi connectivity index (χ4v) is 4.16. The van der Waals surface area contributed by atoms with Crippen LogP contribution >= 0.6 is 0 Å². The van der Waals surface area contributed by atoms with E-state index in [1.165, 1.54) is 11.1 Å². The van der Waals surface area contributed by atoms with E-state index in [9.17, 15) is 9.90 Å². The summed E-state index contributed by atoms with van der Waals surface area (Å²) in [6.45, 7) is 4.26. The molecule has 0 aromatic heterocycles. The molecule has 0 saturated heterocycles. The summed E-state index contributed by atoms with van der Waals surface area (Å²) in [5, 5.41) is 13.2. The molecule has 3 heteroatoms. The number of carboxylic acids is 1. The molecular weight excluding hydrogens is 250 g/mol. The first-order chi connectivity index (χ1) is 9.68. The fraction of sp³-hybridized carbons (Fsp3) is 0.471. The second-order valence-electron chi connectivity index (χ2n) is 5.99. The van der Waals surface area contributed by atoms with Crippen LogP contribution in [-0.4, -0.2) is 23.2 Å². The molecule has 0 heterocycles. The lowest BCUT2D eigenvalue weighted by atomic mass is 9.78. The van der Waals surface area contributed by atoms with E-state index >= 15 is 0 Å². The standard InChI is InChI=1S/C17H21NO2/c1-2-9-18-17(16(19)20)14-7-8-15(17)11-13-6-4-3-5-12(13)10-14/h2-6,14-15,18H,1,7-11H2,(H,19,20). The second kappa shape index (κ2) is 5.06. The molecule has 2 aliphatic rings. The lowest BCUT2D eigenvalue weighted by Crippen LogP contribution is -2.59. The largest absolute Gasteiger partial charge is 0.480 e. The number of carbonyl (C=O) groups is 1. The Kier molecular flexibility index (Phi) is 3.38. The first-order valence-electron chi connectivity index (χ1n) is 7.34. The monoisotopic (exact) mass is 271 g/mol. The Hall–Kier alpha value is -1.61. The zero-order valence-electron chi connectivity index (χ0n) is 11.6. The molecule has 0 radical (unpaired) electrons. The number of rotatable bonds is 4. The molecule has 2 aliphatic carbocycles. The van der Waals surface area contributed by atoms with Crippen LogP contribution < -0.4 is 5.32 Å². The molecular formula is C17H21NO2. The number of aliphatic carboxylic acids is 1. The summed E-state index contributed by atoms with van der Waals surface area (Å²) in [7, 11) is 0. The maximum absolute atomic E-state index is 12.1. The van der Waals surface area contributed by atoms with E-state index in [1.807, 2.05) is 0 Å². The molecule has 1 saturated carbocycles. The lowest BCUT2D eigenvalue weighted by molar-refractivity contribution is -0.148. The van der Waals surface area contributed by atoms with Crippen molar-refractivity contribution < 1.29 is 9.90 Å². The first kappa shape index (κ1) is 13.4. The van der Waals surface area contributed by atoms with E-state index in [4.69, 9.17) is 0 Å². The Balaban J connectivity index is 2.02. The average molecular weight is 271 g/mol. The van der Waals surface area contributed by atoms with Gasteiger partial charge in [-0.3, -0.25) is 10.1 Å². The Labute approximate surface area is 119 Å². The summed E-state index contributed by atoms with van der Waals surface area (Å²) in [6, 6.07) is 8.40. The van der Waals surface area contributed by atoms with E-state index in [2.05, 4.69) is 36.2 Å². The summed E-state index contributed by atoms with van der Waals surface area (Å²) in [5.41, 5.74) is 1.86. The minimum atomic E-state index is -0.785. The quantitative estimate of drug-likeness (QED) is 0.827. The van der Waals surface area contributed by atoms with Crippen LogP contribution in [0.5, 0.6) is 0 Å². The summed E-state index contributed by atoms with van der Waals surface area (Å²) in [5.74, 6) is -0.346. The molecule has 2 unspecified atom stereocenters. The van der Waals surface area contributed by atoms with Crippen molar-refractivity contribution in [3.05, 3.63) is 48.0 Å². The molecule has 3 rings (SSSR count). The molecule has 2 atom stereocenters. The van der Waals surface area contributed by atoms with E-state index < -0.39 is 11.5 Å². The zero-order chi connectivity index (χ0) is 14.2. The Morgan fingerprint density at radius 3 is 2.30 bits per heavy atom. The Bertz CT molecular complexity index is 505. The molecule has 3 nitrogen and oxygen atoms in total. The van der Waals surface area contributed by atoms with Crippen LogP contribution in [0.15, 0.2) is 36.9 Å². The SMILES string of the molecule is C=CCNC1(C(=O)O)C2CCC1Cc1ccccc1C2. The van der Waals surface area contributed by atoms with Gasteiger partial charge in [0.15, 0.2) is 0 Å². The molecule has 106 valence electrons. The highest BCUT2D eigenvalue weighted by atomic mass is 16.4. The second-order valence-corrected chi connectivity index (χ2v) is 5.99. The van der Waals surface area contributed by atoms with Crippen molar-refractivity contribution in [1.29, 1.82) is 0 Å². The number of hydrogen-bond acceptors (Lipinski definition) is 2. The Morgan fingerprint density at radius 2 is 1.85 bits per heavy atom. The number of fused-ring (bicyclic) bond motifs is 3. The normalized spacial score (nSPS) is 31.4. The molecule has 0 amide bonds. The number of carboxylic acid groups (broad SMARTS) is 1. The highest BCUT2D eigenvalue weighted by Crippen LogP contribution is 2.47. The van der Waals surface area contributed by atoms with Gasteiger partial charge >= 0.3 is 5.97 Å². The van der Waals surface area contributed by atoms with E-state index in [0.29, 0.717) is 6.54 Å². The van der Waals surface area contributed by atoms with Crippen LogP contribution in [0.3, 0.4) is 0 Å². The van der Waals surface area contributed by atoms with Crippen molar-refractivity contribution in [3.63, 3.8) is 0 Å². The predicted molar refractivity (Wildman–Crippen MR) is 78.6 cm³/mol. The lowest BCUT2D eigenvalue weighted by Gasteiger charge is -2.35. The third kappa shape index (κ3) is 1.88. The van der Waals surface area contributed by atoms with E-state index in [-0.39, 0.29) is 11.8 Å². The van der Waals surface area contributed by atoms with E-state index in [1.54, 1.807) is 6.08 Å². The minimum absolute atomic E-state index is 0.175. The molecule has 2 bridgehead atoms. The van der Waals surface area contributed by atoms with Crippen LogP contribution in [0.25, 0.3) is 0 Å². The van der Waals surface area contributed by atoms with Crippen molar-refractivity contribution in [2.75, 3.05) is 6.54 Å². The van der Waals surface area contributed by atoms with Crippen LogP contribution in [0.2, 0.25) is 0 Å². The number of benzene rings is 1. The maximum atomic E-state index is 12.1. The van der Waals surface area contributed by atoms with Gasteiger partial charge < -0.3 is 5.11 Å². The molecule has 2 N–H and O–H groups in total. The van der Waals surface area contributed by atoms with Gasteiger partial charge in [0.05, 0.1) is 0 Å². The maximum Gasteiger partial charge on any atom is 0.324 e. The van der Waals surface area contributed by atoms with Crippen LogP contribution in [0, 0.1) is 11.8 Å². The zero-order valence-corrected chi connectivity index (χ0v) is 11.6. The van der Waals surface area contributed by atoms with Gasteiger partial charge in [0.1, 0.15) is 5.54 Å². The smallest absolute Gasteiger partial charge is 0.324 e. The third-order valence-corrected chi connectivity index (χ3v) is 5.10. The highest BCUT2D eigenvalue weighted by molar-refractivity contribution is 5.81. The first-order valence-corrected chi connectivity index (χ1v) is 7.34. The topological polar surface area (TPSA) is 49.3 Å². The number of hydrogen-bond donors (Lipinski definition) is 2. The fourth-order valence-electron chi connectivity index (χ4n) is 4.16. The average Bonchev–Trinajstić information content (AvgIpc) is 2.68. The van der Waals surface area contributed by atoms with E-state index in [0.717, 1.165) is 25.7 Å². The van der Waals surface area contributed by atoms with Crippen LogP contribution in [0.4, 0.5) is 0 Å². The Morgan fingerprint density at radius 1 is 1.30 bits per heavy atom. The van der Waals surface area contributed by atoms with Crippen molar-refractivity contribution in [2.24, 2.45) is 11.8 Å². The van der Waals surface area contributed by atoms with Gasteiger partial charge in [0.2, 0.25) is 0 Å². The third-order valence-electron chi connectivity index (χ3n) is 5.10. The van der Waals surface area contributed by atoms with Crippen molar-refractivity contribution in [3.8, 4) is 0 Å². The van der Waals surface area contributed by atoms with Crippen molar-refractivity contribution in [1.82, 2.24) is 5.32 Å².